The summed E-state index contributed by atoms with van der Waals surface area (Å²) in [5, 5.41) is 0. The molecule has 0 amide bonds. The van der Waals surface area contributed by atoms with Gasteiger partial charge < -0.3 is 9.47 Å². The lowest BCUT2D eigenvalue weighted by atomic mass is 9.86. The van der Waals surface area contributed by atoms with Gasteiger partial charge in [0.15, 0.2) is 0 Å². The Kier molecular flexibility index (Phi) is 32.0. The average molecular weight is 595 g/mol. The molecule has 0 aromatic carbocycles. The van der Waals surface area contributed by atoms with Crippen LogP contribution < -0.4 is 0 Å². The predicted octanol–water partition coefficient (Wildman–Crippen LogP) is 12.3. The van der Waals surface area contributed by atoms with Crippen LogP contribution in [0.3, 0.4) is 0 Å². The summed E-state index contributed by atoms with van der Waals surface area (Å²) in [5.41, 5.74) is 0. The standard InChI is InChI=1S/C38H74O4/c1-5-7-9-11-13-15-17-19-27-33-41-37(39)31-25-21-23-29-36(35(3)4)30-24-22-26-32-38(40)42-34-28-20-18-16-14-12-10-8-6-2/h35-36H,5-34H2,1-4H3. The van der Waals surface area contributed by atoms with Gasteiger partial charge in [-0.25, -0.2) is 0 Å². The van der Waals surface area contributed by atoms with Gasteiger partial charge in [0.05, 0.1) is 13.2 Å². The van der Waals surface area contributed by atoms with E-state index in [1.807, 2.05) is 0 Å². The molecule has 0 bridgehead atoms. The first kappa shape index (κ1) is 40.9. The normalized spacial score (nSPS) is 11.5. The second-order valence-corrected chi connectivity index (χ2v) is 13.3. The van der Waals surface area contributed by atoms with Crippen LogP contribution in [0.1, 0.15) is 207 Å². The van der Waals surface area contributed by atoms with Crippen LogP contribution in [-0.2, 0) is 19.1 Å². The van der Waals surface area contributed by atoms with Crippen LogP contribution >= 0.6 is 0 Å². The molecule has 0 spiro atoms. The maximum atomic E-state index is 12.0. The van der Waals surface area contributed by atoms with Crippen LogP contribution in [0.5, 0.6) is 0 Å². The molecule has 0 aromatic rings. The van der Waals surface area contributed by atoms with E-state index in [-0.39, 0.29) is 11.9 Å². The second-order valence-electron chi connectivity index (χ2n) is 13.3. The van der Waals surface area contributed by atoms with Crippen molar-refractivity contribution in [2.24, 2.45) is 11.8 Å². The fourth-order valence-corrected chi connectivity index (χ4v) is 5.86. The van der Waals surface area contributed by atoms with Crippen LogP contribution in [0.4, 0.5) is 0 Å². The van der Waals surface area contributed by atoms with Crippen molar-refractivity contribution in [2.75, 3.05) is 13.2 Å². The summed E-state index contributed by atoms with van der Waals surface area (Å²) in [5.74, 6) is 1.40. The summed E-state index contributed by atoms with van der Waals surface area (Å²) in [6.07, 6.45) is 33.3. The molecule has 0 aliphatic carbocycles. The van der Waals surface area contributed by atoms with E-state index in [1.54, 1.807) is 0 Å². The lowest BCUT2D eigenvalue weighted by Gasteiger charge is -2.20. The molecule has 250 valence electrons. The second kappa shape index (κ2) is 32.8. The Morgan fingerprint density at radius 1 is 0.429 bits per heavy atom. The van der Waals surface area contributed by atoms with Crippen molar-refractivity contribution in [3.05, 3.63) is 0 Å². The van der Waals surface area contributed by atoms with Crippen LogP contribution in [0.2, 0.25) is 0 Å². The first-order valence-corrected chi connectivity index (χ1v) is 18.8. The highest BCUT2D eigenvalue weighted by atomic mass is 16.5. The van der Waals surface area contributed by atoms with Crippen molar-refractivity contribution in [1.29, 1.82) is 0 Å². The molecule has 0 aromatic heterocycles. The van der Waals surface area contributed by atoms with Gasteiger partial charge in [0.25, 0.3) is 0 Å². The predicted molar refractivity (Wildman–Crippen MR) is 181 cm³/mol. The van der Waals surface area contributed by atoms with E-state index < -0.39 is 0 Å². The number of carbonyl (C=O) groups excluding carboxylic acids is 2. The minimum atomic E-state index is -0.0123. The molecule has 0 N–H and O–H groups in total. The van der Waals surface area contributed by atoms with Crippen molar-refractivity contribution in [3.8, 4) is 0 Å². The molecule has 0 aliphatic heterocycles. The van der Waals surface area contributed by atoms with Crippen LogP contribution in [0.25, 0.3) is 0 Å². The van der Waals surface area contributed by atoms with Gasteiger partial charge in [-0.2, -0.15) is 0 Å². The summed E-state index contributed by atoms with van der Waals surface area (Å²) in [6.45, 7) is 10.4. The monoisotopic (exact) mass is 595 g/mol. The number of ether oxygens (including phenoxy) is 2. The largest absolute Gasteiger partial charge is 0.466 e. The Labute approximate surface area is 263 Å². The molecular weight excluding hydrogens is 520 g/mol. The Morgan fingerprint density at radius 3 is 1.07 bits per heavy atom. The van der Waals surface area contributed by atoms with Gasteiger partial charge in [-0.05, 0) is 37.5 Å². The van der Waals surface area contributed by atoms with Gasteiger partial charge >= 0.3 is 11.9 Å². The number of esters is 2. The lowest BCUT2D eigenvalue weighted by molar-refractivity contribution is -0.144. The van der Waals surface area contributed by atoms with E-state index >= 15 is 0 Å². The molecular formula is C38H74O4. The van der Waals surface area contributed by atoms with Crippen LogP contribution in [-0.4, -0.2) is 25.2 Å². The molecule has 4 nitrogen and oxygen atoms in total. The summed E-state index contributed by atoms with van der Waals surface area (Å²) in [7, 11) is 0. The highest BCUT2D eigenvalue weighted by Crippen LogP contribution is 2.25. The molecule has 0 heterocycles. The third kappa shape index (κ3) is 30.4. The topological polar surface area (TPSA) is 52.6 Å². The number of hydrogen-bond acceptors (Lipinski definition) is 4. The first-order valence-electron chi connectivity index (χ1n) is 18.8. The first-order chi connectivity index (χ1) is 20.5. The molecule has 0 saturated heterocycles. The molecule has 0 unspecified atom stereocenters. The Morgan fingerprint density at radius 2 is 0.738 bits per heavy atom. The van der Waals surface area contributed by atoms with Gasteiger partial charge in [-0.1, -0.05) is 169 Å². The smallest absolute Gasteiger partial charge is 0.305 e. The van der Waals surface area contributed by atoms with Crippen LogP contribution in [0.15, 0.2) is 0 Å². The molecule has 0 atom stereocenters. The summed E-state index contributed by atoms with van der Waals surface area (Å²) < 4.78 is 10.9. The molecule has 0 aliphatic rings. The van der Waals surface area contributed by atoms with Crippen molar-refractivity contribution in [3.63, 3.8) is 0 Å². The zero-order chi connectivity index (χ0) is 30.9. The van der Waals surface area contributed by atoms with Crippen molar-refractivity contribution in [1.82, 2.24) is 0 Å². The minimum absolute atomic E-state index is 0.0123. The average Bonchev–Trinajstić information content (AvgIpc) is 2.97. The maximum absolute atomic E-state index is 12.0. The third-order valence-electron chi connectivity index (χ3n) is 8.88. The number of carbonyl (C=O) groups is 2. The zero-order valence-electron chi connectivity index (χ0n) is 29.0. The van der Waals surface area contributed by atoms with Gasteiger partial charge in [0.1, 0.15) is 0 Å². The quantitative estimate of drug-likeness (QED) is 0.0560. The van der Waals surface area contributed by atoms with E-state index in [0.29, 0.717) is 32.0 Å². The third-order valence-corrected chi connectivity index (χ3v) is 8.88. The summed E-state index contributed by atoms with van der Waals surface area (Å²) in [4.78, 5) is 24.1. The molecule has 0 saturated carbocycles. The minimum Gasteiger partial charge on any atom is -0.466 e. The summed E-state index contributed by atoms with van der Waals surface area (Å²) >= 11 is 0. The lowest BCUT2D eigenvalue weighted by Crippen LogP contribution is -2.10. The fraction of sp³-hybridized carbons (Fsp3) is 0.947. The fourth-order valence-electron chi connectivity index (χ4n) is 5.86. The van der Waals surface area contributed by atoms with Gasteiger partial charge in [-0.15, -0.1) is 0 Å². The molecule has 0 fully saturated rings. The Balaban J connectivity index is 3.59. The maximum Gasteiger partial charge on any atom is 0.305 e. The zero-order valence-corrected chi connectivity index (χ0v) is 29.0. The molecule has 4 heteroatoms. The number of unbranched alkanes of at least 4 members (excludes halogenated alkanes) is 20. The van der Waals surface area contributed by atoms with Crippen molar-refractivity contribution >= 4 is 11.9 Å². The van der Waals surface area contributed by atoms with E-state index in [9.17, 15) is 9.59 Å². The SMILES string of the molecule is CCCCCCCCCCCOC(=O)CCCCCC(CCCCCC(=O)OCCCCCCCCCCC)C(C)C. The Hall–Kier alpha value is -1.06. The van der Waals surface area contributed by atoms with Crippen LogP contribution in [0, 0.1) is 11.8 Å². The molecule has 0 rings (SSSR count). The Bertz CT molecular complexity index is 527. The van der Waals surface area contributed by atoms with Crippen molar-refractivity contribution < 1.29 is 19.1 Å². The van der Waals surface area contributed by atoms with E-state index in [4.69, 9.17) is 9.47 Å². The highest BCUT2D eigenvalue weighted by Gasteiger charge is 2.13. The summed E-state index contributed by atoms with van der Waals surface area (Å²) in [6, 6.07) is 0. The molecule has 0 radical (unpaired) electrons. The highest BCUT2D eigenvalue weighted by molar-refractivity contribution is 5.69. The van der Waals surface area contributed by atoms with Crippen molar-refractivity contribution in [2.45, 2.75) is 207 Å². The molecule has 42 heavy (non-hydrogen) atoms. The van der Waals surface area contributed by atoms with E-state index in [0.717, 1.165) is 44.4 Å². The number of rotatable bonds is 33. The van der Waals surface area contributed by atoms with Gasteiger partial charge in [0.2, 0.25) is 0 Å². The van der Waals surface area contributed by atoms with Gasteiger partial charge in [0, 0.05) is 12.8 Å². The van der Waals surface area contributed by atoms with E-state index in [1.165, 1.54) is 128 Å². The number of hydrogen-bond donors (Lipinski definition) is 0. The van der Waals surface area contributed by atoms with Gasteiger partial charge in [-0.3, -0.25) is 9.59 Å². The van der Waals surface area contributed by atoms with E-state index in [2.05, 4.69) is 27.7 Å².